The number of piperidine rings is 4. The Hall–Kier alpha value is -6.53. The summed E-state index contributed by atoms with van der Waals surface area (Å²) in [7, 11) is 0. The quantitative estimate of drug-likeness (QED) is 0.0280. The van der Waals surface area contributed by atoms with Crippen LogP contribution in [0.5, 0.6) is 0 Å². The second kappa shape index (κ2) is 49.9. The maximum Gasteiger partial charge on any atom is 0.219 e. The molecule has 4 saturated heterocycles. The third-order valence-corrected chi connectivity index (χ3v) is 17.8. The first-order valence-corrected chi connectivity index (χ1v) is 35.0. The molecule has 4 aliphatic heterocycles. The molecule has 4 heterocycles. The minimum Gasteiger partial charge on any atom is -0.411 e. The summed E-state index contributed by atoms with van der Waals surface area (Å²) >= 11 is 0. The van der Waals surface area contributed by atoms with Crippen LogP contribution in [0.3, 0.4) is 0 Å². The number of nitrogens with one attached hydrogen (secondary N) is 1. The SMILES string of the molecule is C=C(C)C(=O)/C=C/C.C=CC#CC(=C)C.C=CC#CC(C)(C)O.CC1CN(CCc2ccccc2)C(C)C/C1=N/O.CC1CN(CCc2ccccc2)C(C)CC1=O.CC1CN(CCc2ccccc2)C(C)CC1N.CCC(=O)NC1CC(C)N(CCc2ccccc2)CC1C.I. The van der Waals surface area contributed by atoms with Gasteiger partial charge >= 0.3 is 0 Å². The zero-order valence-corrected chi connectivity index (χ0v) is 64.2. The molecule has 532 valence electrons. The largest absolute Gasteiger partial charge is 0.411 e. The second-order valence-electron chi connectivity index (χ2n) is 27.1. The van der Waals surface area contributed by atoms with Crippen molar-refractivity contribution < 1.29 is 24.7 Å². The fourth-order valence-electron chi connectivity index (χ4n) is 11.7. The standard InChI is InChI=1S/C18H28N2O.C15H22N2O.C15H24N2.C15H21NO.2C7H10O.C7H8.HI/c1-4-18(21)19-17-12-15(3)20(13-14(17)2)11-10-16-8-6-5-7-9-16;1-12-11-17(13(2)10-15(12)16-18)9-8-14-6-4-3-5-7-14;1-12-11-17(13(2)10-15(12)16)9-8-14-6-4-3-5-7-14;1-12-11-16(13(2)10-15(12)17)9-8-14-6-4-3-5-7-14;1-4-5-6-7(2,3)8;1-4-5-7(8)6(2)3;1-4-5-6-7(2)3;/h5-9,14-15,17H,4,10-13H2,1-3H3,(H,19,21);3-7,12-13,18H,8-11H2,1-2H3;3-7,12-13,15H,8-11,16H2,1-2H3;3-7,12-13H,8-11H2,1-2H3;4,8H,1H2,2-3H3;4-5H,2H2,1,3H3;4H,1-2H2,3H3;1H/b;16-15-;;;;5-4+;;. The number of nitrogens with two attached hydrogens (primary N) is 1. The van der Waals surface area contributed by atoms with E-state index in [4.69, 9.17) is 16.0 Å². The average Bonchev–Trinajstić information content (AvgIpc) is 0.988. The highest BCUT2D eigenvalue weighted by molar-refractivity contribution is 14.0. The number of halogens is 1. The van der Waals surface area contributed by atoms with Crippen molar-refractivity contribution in [3.63, 3.8) is 0 Å². The van der Waals surface area contributed by atoms with Crippen molar-refractivity contribution in [1.29, 1.82) is 0 Å². The van der Waals surface area contributed by atoms with Crippen LogP contribution in [0.2, 0.25) is 0 Å². The van der Waals surface area contributed by atoms with E-state index in [2.05, 4.69) is 244 Å². The van der Waals surface area contributed by atoms with E-state index in [-0.39, 0.29) is 41.6 Å². The van der Waals surface area contributed by atoms with E-state index in [9.17, 15) is 14.4 Å². The molecule has 0 radical (unpaired) electrons. The van der Waals surface area contributed by atoms with Crippen LogP contribution in [0, 0.1) is 47.4 Å². The number of carbonyl (C=O) groups is 3. The lowest BCUT2D eigenvalue weighted by molar-refractivity contribution is -0.127. The van der Waals surface area contributed by atoms with Crippen LogP contribution in [-0.2, 0) is 40.1 Å². The Morgan fingerprint density at radius 3 is 1.35 bits per heavy atom. The van der Waals surface area contributed by atoms with Crippen molar-refractivity contribution in [3.05, 3.63) is 205 Å². The Kier molecular flexibility index (Phi) is 45.5. The van der Waals surface area contributed by atoms with E-state index >= 15 is 0 Å². The molecule has 0 aliphatic carbocycles. The summed E-state index contributed by atoms with van der Waals surface area (Å²) in [5.74, 6) is 12.8. The summed E-state index contributed by atoms with van der Waals surface area (Å²) in [6.07, 6.45) is 15.0. The lowest BCUT2D eigenvalue weighted by Gasteiger charge is -2.42. The van der Waals surface area contributed by atoms with Gasteiger partial charge in [0, 0.05) is 120 Å². The molecule has 10 unspecified atom stereocenters. The van der Waals surface area contributed by atoms with Crippen LogP contribution < -0.4 is 11.1 Å². The molecule has 97 heavy (non-hydrogen) atoms. The van der Waals surface area contributed by atoms with Crippen LogP contribution in [-0.4, -0.2) is 147 Å². The van der Waals surface area contributed by atoms with Gasteiger partial charge in [0.2, 0.25) is 5.91 Å². The monoisotopic (exact) mass is 1440 g/mol. The lowest BCUT2D eigenvalue weighted by Crippen LogP contribution is -2.53. The predicted molar refractivity (Wildman–Crippen MR) is 421 cm³/mol. The Morgan fingerprint density at radius 2 is 1.01 bits per heavy atom. The number of oxime groups is 1. The highest BCUT2D eigenvalue weighted by Crippen LogP contribution is 2.25. The lowest BCUT2D eigenvalue weighted by atomic mass is 9.89. The second-order valence-corrected chi connectivity index (χ2v) is 27.1. The predicted octanol–water partition coefficient (Wildman–Crippen LogP) is 15.5. The van der Waals surface area contributed by atoms with Crippen molar-refractivity contribution in [2.24, 2.45) is 34.6 Å². The first kappa shape index (κ1) is 88.5. The molecular formula is C84H124IN7O5. The molecule has 4 aromatic carbocycles. The zero-order chi connectivity index (χ0) is 71.6. The van der Waals surface area contributed by atoms with Crippen molar-refractivity contribution in [2.75, 3.05) is 52.4 Å². The van der Waals surface area contributed by atoms with E-state index < -0.39 is 5.60 Å². The molecule has 0 spiro atoms. The molecule has 13 heteroatoms. The number of amides is 1. The van der Waals surface area contributed by atoms with E-state index in [0.29, 0.717) is 71.8 Å². The molecule has 8 rings (SSSR count). The van der Waals surface area contributed by atoms with Crippen LogP contribution >= 0.6 is 24.0 Å². The Bertz CT molecular complexity index is 3090. The van der Waals surface area contributed by atoms with Gasteiger partial charge in [0.05, 0.1) is 5.71 Å². The van der Waals surface area contributed by atoms with Crippen molar-refractivity contribution >= 4 is 47.2 Å². The molecule has 5 N–H and O–H groups in total. The highest BCUT2D eigenvalue weighted by Gasteiger charge is 2.33. The minimum atomic E-state index is -0.881. The van der Waals surface area contributed by atoms with E-state index in [1.54, 1.807) is 39.8 Å². The molecule has 10 atom stereocenters. The Labute approximate surface area is 605 Å². The molecule has 4 fully saturated rings. The topological polar surface area (TPSA) is 155 Å². The van der Waals surface area contributed by atoms with Gasteiger partial charge in [0.15, 0.2) is 5.78 Å². The first-order chi connectivity index (χ1) is 45.6. The number of ketones is 2. The van der Waals surface area contributed by atoms with Crippen molar-refractivity contribution in [3.8, 4) is 23.7 Å². The van der Waals surface area contributed by atoms with Gasteiger partial charge in [-0.1, -0.05) is 217 Å². The first-order valence-electron chi connectivity index (χ1n) is 35.0. The van der Waals surface area contributed by atoms with Crippen LogP contribution in [0.4, 0.5) is 0 Å². The van der Waals surface area contributed by atoms with Gasteiger partial charge in [0.1, 0.15) is 11.4 Å². The van der Waals surface area contributed by atoms with E-state index in [0.717, 1.165) is 115 Å². The average molecular weight is 1440 g/mol. The number of rotatable bonds is 16. The summed E-state index contributed by atoms with van der Waals surface area (Å²) in [6.45, 7) is 50.6. The third kappa shape index (κ3) is 38.4. The maximum absolute atomic E-state index is 11.6. The van der Waals surface area contributed by atoms with Crippen molar-refractivity contribution in [1.82, 2.24) is 24.9 Å². The van der Waals surface area contributed by atoms with E-state index in [1.165, 1.54) is 34.4 Å². The van der Waals surface area contributed by atoms with E-state index in [1.807, 2.05) is 26.8 Å². The van der Waals surface area contributed by atoms with Gasteiger partial charge in [-0.15, -0.1) is 24.0 Å². The van der Waals surface area contributed by atoms with Crippen LogP contribution in [0.15, 0.2) is 188 Å². The zero-order valence-electron chi connectivity index (χ0n) is 61.8. The third-order valence-electron chi connectivity index (χ3n) is 17.8. The molecule has 0 saturated carbocycles. The molecule has 4 aliphatic rings. The number of Topliss-reactive ketones (excluding diaryl/α,β-unsaturated/α-hetero) is 1. The van der Waals surface area contributed by atoms with Gasteiger partial charge in [-0.25, -0.2) is 0 Å². The number of nitrogens with zero attached hydrogens (tertiary/aromatic N) is 5. The highest BCUT2D eigenvalue weighted by atomic mass is 127. The fraction of sp³-hybridized carbons (Fsp3) is 0.500. The Morgan fingerprint density at radius 1 is 0.619 bits per heavy atom. The number of hydrogen-bond donors (Lipinski definition) is 4. The molecule has 12 nitrogen and oxygen atoms in total. The van der Waals surface area contributed by atoms with Gasteiger partial charge in [0.25, 0.3) is 0 Å². The minimum absolute atomic E-state index is 0. The summed E-state index contributed by atoms with van der Waals surface area (Å²) in [4.78, 5) is 43.8. The number of benzene rings is 4. The summed E-state index contributed by atoms with van der Waals surface area (Å²) in [5.41, 5.74) is 13.2. The smallest absolute Gasteiger partial charge is 0.219 e. The molecule has 4 aromatic rings. The Balaban J connectivity index is 0.000000584. The molecule has 1 amide bonds. The van der Waals surface area contributed by atoms with Crippen LogP contribution in [0.1, 0.15) is 151 Å². The number of hydrogen-bond acceptors (Lipinski definition) is 11. The number of allylic oxidation sites excluding steroid dienone is 6. The molecule has 0 aromatic heterocycles. The summed E-state index contributed by atoms with van der Waals surface area (Å²) in [5, 5.41) is 24.5. The molecular weight excluding hydrogens is 1310 g/mol. The number of carbonyl (C=O) groups excluding carboxylic acids is 3. The maximum atomic E-state index is 11.6. The van der Waals surface area contributed by atoms with Gasteiger partial charge in [-0.05, 0) is 164 Å². The number of likely N-dealkylation sites (tertiary alicyclic amines) is 4. The summed E-state index contributed by atoms with van der Waals surface area (Å²) < 4.78 is 0. The van der Waals surface area contributed by atoms with Crippen LogP contribution in [0.25, 0.3) is 0 Å². The molecule has 0 bridgehead atoms. The summed E-state index contributed by atoms with van der Waals surface area (Å²) in [6, 6.07) is 45.3. The van der Waals surface area contributed by atoms with Gasteiger partial charge in [-0.2, -0.15) is 0 Å². The van der Waals surface area contributed by atoms with Crippen molar-refractivity contribution in [2.45, 2.75) is 197 Å². The van der Waals surface area contributed by atoms with Gasteiger partial charge < -0.3 is 21.4 Å². The fourth-order valence-corrected chi connectivity index (χ4v) is 11.7. The van der Waals surface area contributed by atoms with Gasteiger partial charge in [-0.3, -0.25) is 34.0 Å². The normalized spacial score (nSPS) is 22.8. The number of aliphatic hydroxyl groups is 1.